The molecule has 2 rings (SSSR count). The third-order valence-corrected chi connectivity index (χ3v) is 4.37. The van der Waals surface area contributed by atoms with Crippen molar-refractivity contribution in [1.82, 2.24) is 10.6 Å². The summed E-state index contributed by atoms with van der Waals surface area (Å²) in [6, 6.07) is 8.52. The van der Waals surface area contributed by atoms with Gasteiger partial charge in [0.1, 0.15) is 0 Å². The monoisotopic (exact) mass is 338 g/mol. The number of carbonyl (C=O) groups excluding carboxylic acids is 1. The standard InChI is InChI=1S/C16H23BrN2O/c1-2-13(9-12-5-3-6-14(17)10-12)16(20)19-15-7-4-8-18-11-15/h3,5-6,10,13,15,18H,2,4,7-9,11H2,1H3,(H,19,20). The first-order chi connectivity index (χ1) is 9.69. The molecule has 2 N–H and O–H groups in total. The minimum atomic E-state index is 0.0613. The molecule has 0 spiro atoms. The molecule has 1 amide bonds. The van der Waals surface area contributed by atoms with Crippen LogP contribution in [0.15, 0.2) is 28.7 Å². The van der Waals surface area contributed by atoms with E-state index in [1.54, 1.807) is 0 Å². The number of carbonyl (C=O) groups is 1. The maximum Gasteiger partial charge on any atom is 0.223 e. The molecule has 0 aliphatic carbocycles. The third kappa shape index (κ3) is 4.60. The second-order valence-electron chi connectivity index (χ2n) is 5.49. The number of hydrogen-bond acceptors (Lipinski definition) is 2. The topological polar surface area (TPSA) is 41.1 Å². The maximum absolute atomic E-state index is 12.4. The van der Waals surface area contributed by atoms with Gasteiger partial charge in [-0.25, -0.2) is 0 Å². The number of rotatable bonds is 5. The molecule has 1 saturated heterocycles. The molecule has 3 nitrogen and oxygen atoms in total. The molecule has 0 saturated carbocycles. The lowest BCUT2D eigenvalue weighted by atomic mass is 9.95. The zero-order valence-corrected chi connectivity index (χ0v) is 13.6. The summed E-state index contributed by atoms with van der Waals surface area (Å²) in [4.78, 5) is 12.4. The number of nitrogens with one attached hydrogen (secondary N) is 2. The van der Waals surface area contributed by atoms with E-state index < -0.39 is 0 Å². The Labute approximate surface area is 129 Å². The number of hydrogen-bond donors (Lipinski definition) is 2. The second kappa shape index (κ2) is 7.79. The molecule has 1 aromatic carbocycles. The lowest BCUT2D eigenvalue weighted by molar-refractivity contribution is -0.125. The van der Waals surface area contributed by atoms with Crippen LogP contribution in [-0.2, 0) is 11.2 Å². The van der Waals surface area contributed by atoms with Gasteiger partial charge < -0.3 is 10.6 Å². The SMILES string of the molecule is CCC(Cc1cccc(Br)c1)C(=O)NC1CCCNC1. The fourth-order valence-corrected chi connectivity index (χ4v) is 3.11. The Kier molecular flexibility index (Phi) is 6.05. The Morgan fingerprint density at radius 3 is 3.05 bits per heavy atom. The van der Waals surface area contributed by atoms with Crippen molar-refractivity contribution in [3.8, 4) is 0 Å². The molecule has 20 heavy (non-hydrogen) atoms. The van der Waals surface area contributed by atoms with Gasteiger partial charge in [0, 0.05) is 23.0 Å². The predicted molar refractivity (Wildman–Crippen MR) is 85.7 cm³/mol. The fraction of sp³-hybridized carbons (Fsp3) is 0.562. The minimum absolute atomic E-state index is 0.0613. The molecule has 2 atom stereocenters. The van der Waals surface area contributed by atoms with E-state index in [1.807, 2.05) is 12.1 Å². The van der Waals surface area contributed by atoms with Crippen molar-refractivity contribution in [3.63, 3.8) is 0 Å². The Bertz CT molecular complexity index is 444. The van der Waals surface area contributed by atoms with Gasteiger partial charge in [0.25, 0.3) is 0 Å². The Balaban J connectivity index is 1.91. The first-order valence-electron chi connectivity index (χ1n) is 7.44. The molecule has 1 heterocycles. The van der Waals surface area contributed by atoms with E-state index >= 15 is 0 Å². The van der Waals surface area contributed by atoms with Crippen LogP contribution in [0.25, 0.3) is 0 Å². The van der Waals surface area contributed by atoms with E-state index in [0.717, 1.165) is 43.2 Å². The van der Waals surface area contributed by atoms with Crippen molar-refractivity contribution >= 4 is 21.8 Å². The van der Waals surface area contributed by atoms with Crippen molar-refractivity contribution in [3.05, 3.63) is 34.3 Å². The summed E-state index contributed by atoms with van der Waals surface area (Å²) in [5.41, 5.74) is 1.21. The molecule has 1 aromatic rings. The van der Waals surface area contributed by atoms with Gasteiger partial charge in [0.15, 0.2) is 0 Å². The van der Waals surface area contributed by atoms with E-state index in [0.29, 0.717) is 6.04 Å². The van der Waals surface area contributed by atoms with Crippen LogP contribution in [0.2, 0.25) is 0 Å². The summed E-state index contributed by atoms with van der Waals surface area (Å²) < 4.78 is 1.07. The Hall–Kier alpha value is -0.870. The molecule has 0 aromatic heterocycles. The summed E-state index contributed by atoms with van der Waals surface area (Å²) in [5, 5.41) is 6.52. The predicted octanol–water partition coefficient (Wildman–Crippen LogP) is 2.89. The van der Waals surface area contributed by atoms with Gasteiger partial charge in [0.2, 0.25) is 5.91 Å². The average molecular weight is 339 g/mol. The van der Waals surface area contributed by atoms with Gasteiger partial charge >= 0.3 is 0 Å². The first kappa shape index (κ1) is 15.5. The quantitative estimate of drug-likeness (QED) is 0.866. The molecular formula is C16H23BrN2O. The average Bonchev–Trinajstić information content (AvgIpc) is 2.46. The largest absolute Gasteiger partial charge is 0.352 e. The summed E-state index contributed by atoms with van der Waals surface area (Å²) in [6.45, 7) is 4.06. The molecule has 1 aliphatic rings. The highest BCUT2D eigenvalue weighted by atomic mass is 79.9. The van der Waals surface area contributed by atoms with Crippen molar-refractivity contribution < 1.29 is 4.79 Å². The van der Waals surface area contributed by atoms with E-state index in [9.17, 15) is 4.79 Å². The van der Waals surface area contributed by atoms with Crippen molar-refractivity contribution in [2.24, 2.45) is 5.92 Å². The molecule has 0 bridgehead atoms. The van der Waals surface area contributed by atoms with Crippen LogP contribution in [0.1, 0.15) is 31.7 Å². The normalized spacial score (nSPS) is 20.4. The molecule has 4 heteroatoms. The molecule has 1 fully saturated rings. The van der Waals surface area contributed by atoms with Crippen LogP contribution in [0.4, 0.5) is 0 Å². The number of halogens is 1. The van der Waals surface area contributed by atoms with Gasteiger partial charge in [0.05, 0.1) is 0 Å². The molecular weight excluding hydrogens is 316 g/mol. The van der Waals surface area contributed by atoms with Crippen molar-refractivity contribution in [1.29, 1.82) is 0 Å². The highest BCUT2D eigenvalue weighted by molar-refractivity contribution is 9.10. The Morgan fingerprint density at radius 2 is 2.40 bits per heavy atom. The second-order valence-corrected chi connectivity index (χ2v) is 6.41. The fourth-order valence-electron chi connectivity index (χ4n) is 2.66. The van der Waals surface area contributed by atoms with E-state index in [2.05, 4.69) is 45.6 Å². The molecule has 1 aliphatic heterocycles. The number of piperidine rings is 1. The Morgan fingerprint density at radius 1 is 1.55 bits per heavy atom. The van der Waals surface area contributed by atoms with E-state index in [-0.39, 0.29) is 11.8 Å². The van der Waals surface area contributed by atoms with Crippen LogP contribution in [0.3, 0.4) is 0 Å². The number of amides is 1. The summed E-state index contributed by atoms with van der Waals surface area (Å²) >= 11 is 3.48. The van der Waals surface area contributed by atoms with Crippen molar-refractivity contribution in [2.75, 3.05) is 13.1 Å². The molecule has 0 radical (unpaired) electrons. The van der Waals surface area contributed by atoms with Crippen LogP contribution in [0.5, 0.6) is 0 Å². The highest BCUT2D eigenvalue weighted by Crippen LogP contribution is 2.17. The minimum Gasteiger partial charge on any atom is -0.352 e. The maximum atomic E-state index is 12.4. The smallest absolute Gasteiger partial charge is 0.223 e. The molecule has 110 valence electrons. The van der Waals surface area contributed by atoms with Crippen LogP contribution in [0, 0.1) is 5.92 Å². The van der Waals surface area contributed by atoms with E-state index in [1.165, 1.54) is 5.56 Å². The van der Waals surface area contributed by atoms with Gasteiger partial charge in [-0.2, -0.15) is 0 Å². The van der Waals surface area contributed by atoms with E-state index in [4.69, 9.17) is 0 Å². The van der Waals surface area contributed by atoms with Crippen LogP contribution < -0.4 is 10.6 Å². The van der Waals surface area contributed by atoms with Gasteiger partial charge in [-0.05, 0) is 49.9 Å². The summed E-state index contributed by atoms with van der Waals surface area (Å²) in [6.07, 6.45) is 3.92. The number of benzene rings is 1. The zero-order chi connectivity index (χ0) is 14.4. The lowest BCUT2D eigenvalue weighted by Gasteiger charge is -2.26. The van der Waals surface area contributed by atoms with Gasteiger partial charge in [-0.1, -0.05) is 35.0 Å². The van der Waals surface area contributed by atoms with Crippen LogP contribution >= 0.6 is 15.9 Å². The summed E-state index contributed by atoms with van der Waals surface area (Å²) in [7, 11) is 0. The molecule has 2 unspecified atom stereocenters. The highest BCUT2D eigenvalue weighted by Gasteiger charge is 2.21. The zero-order valence-electron chi connectivity index (χ0n) is 12.0. The third-order valence-electron chi connectivity index (χ3n) is 3.88. The van der Waals surface area contributed by atoms with Crippen LogP contribution in [-0.4, -0.2) is 25.0 Å². The first-order valence-corrected chi connectivity index (χ1v) is 8.24. The van der Waals surface area contributed by atoms with Gasteiger partial charge in [-0.3, -0.25) is 4.79 Å². The summed E-state index contributed by atoms with van der Waals surface area (Å²) in [5.74, 6) is 0.257. The lowest BCUT2D eigenvalue weighted by Crippen LogP contribution is -2.47. The van der Waals surface area contributed by atoms with Crippen molar-refractivity contribution in [2.45, 2.75) is 38.6 Å². The van der Waals surface area contributed by atoms with Gasteiger partial charge in [-0.15, -0.1) is 0 Å².